The maximum atomic E-state index is 10.1. The predicted molar refractivity (Wildman–Crippen MR) is 241 cm³/mol. The molecule has 1 N–H and O–H groups in total. The molecule has 0 radical (unpaired) electrons. The van der Waals surface area contributed by atoms with Gasteiger partial charge in [-0.25, -0.2) is 0 Å². The summed E-state index contributed by atoms with van der Waals surface area (Å²) in [5, 5.41) is 10.1. The van der Waals surface area contributed by atoms with Crippen molar-refractivity contribution in [3.8, 4) is 5.75 Å². The van der Waals surface area contributed by atoms with Crippen molar-refractivity contribution in [1.82, 2.24) is 0 Å². The molecule has 2 saturated heterocycles. The van der Waals surface area contributed by atoms with Crippen molar-refractivity contribution in [2.24, 2.45) is 47.3 Å². The van der Waals surface area contributed by atoms with E-state index in [2.05, 4.69) is 118 Å². The van der Waals surface area contributed by atoms with E-state index in [-0.39, 0.29) is 15.1 Å². The van der Waals surface area contributed by atoms with E-state index >= 15 is 0 Å². The second-order valence-corrected chi connectivity index (χ2v) is 19.6. The van der Waals surface area contributed by atoms with Crippen LogP contribution in [0.1, 0.15) is 131 Å². The van der Waals surface area contributed by atoms with Crippen molar-refractivity contribution in [2.45, 2.75) is 160 Å². The highest BCUT2D eigenvalue weighted by Gasteiger charge is 2.47. The highest BCUT2D eigenvalue weighted by Crippen LogP contribution is 2.53. The number of epoxide rings is 2. The summed E-state index contributed by atoms with van der Waals surface area (Å²) in [6.45, 7) is 43.3. The van der Waals surface area contributed by atoms with Gasteiger partial charge in [-0.1, -0.05) is 55.4 Å². The minimum Gasteiger partial charge on any atom is -0.490 e. The van der Waals surface area contributed by atoms with E-state index in [4.69, 9.17) is 28.4 Å². The third-order valence-corrected chi connectivity index (χ3v) is 16.5. The average molecular weight is 811 g/mol. The van der Waals surface area contributed by atoms with Gasteiger partial charge in [-0.2, -0.15) is 0 Å². The number of rotatable bonds is 13. The van der Waals surface area contributed by atoms with Crippen molar-refractivity contribution in [3.63, 3.8) is 0 Å². The fourth-order valence-electron chi connectivity index (χ4n) is 11.3. The lowest BCUT2D eigenvalue weighted by atomic mass is 9.59. The minimum absolute atomic E-state index is 0. The summed E-state index contributed by atoms with van der Waals surface area (Å²) in [7, 11) is 1.61. The standard InChI is InChI=1S/C27H44O5.C24H38O2.2H2/c1-14-18(5)26(31-11-22(28)10-29-9)19(6)15(2)24(14)25-16(3)20(7)27(21(8)17(25)4)32-13-23-12-30-23;1-12-13(2)15(4)22(16(5)14(12)3)23-17(6)19(8)24(20(9)18(23)7)26-11-21-10-25-21;;/h14-15,18-19,22-24,26,28H,10-13H2,1-9H3;17-21,23-24H,10-11H2,1-9H3;2*1H. The third-order valence-electron chi connectivity index (χ3n) is 16.5. The number of hydrogen-bond acceptors (Lipinski definition) is 7. The van der Waals surface area contributed by atoms with Crippen LogP contribution >= 0.6 is 0 Å². The summed E-state index contributed by atoms with van der Waals surface area (Å²) < 4.78 is 34.6. The zero-order valence-electron chi connectivity index (χ0n) is 39.8. The quantitative estimate of drug-likeness (QED) is 0.202. The topological polar surface area (TPSA) is 82.2 Å². The maximum Gasteiger partial charge on any atom is 0.125 e. The largest absolute Gasteiger partial charge is 0.490 e. The molecule has 2 aromatic rings. The van der Waals surface area contributed by atoms with Gasteiger partial charge in [0, 0.05) is 9.96 Å². The van der Waals surface area contributed by atoms with Crippen LogP contribution in [0.15, 0.2) is 0 Å². The number of aliphatic hydroxyl groups is 1. The van der Waals surface area contributed by atoms with Crippen molar-refractivity contribution in [3.05, 3.63) is 61.2 Å². The average Bonchev–Trinajstić information content (AvgIpc) is 4.14. The summed E-state index contributed by atoms with van der Waals surface area (Å²) in [5.74, 6) is 6.17. The first-order valence-electron chi connectivity index (χ1n) is 22.7. The van der Waals surface area contributed by atoms with Gasteiger partial charge >= 0.3 is 0 Å². The van der Waals surface area contributed by atoms with Crippen molar-refractivity contribution >= 4 is 0 Å². The number of hydrogen-bond donors (Lipinski definition) is 1. The Morgan fingerprint density at radius 2 is 0.845 bits per heavy atom. The molecule has 2 saturated carbocycles. The van der Waals surface area contributed by atoms with Crippen LogP contribution in [0.3, 0.4) is 0 Å². The minimum atomic E-state index is -0.578. The van der Waals surface area contributed by atoms with Crippen LogP contribution in [-0.2, 0) is 23.7 Å². The molecule has 4 aliphatic rings. The van der Waals surface area contributed by atoms with Crippen LogP contribution in [0.5, 0.6) is 5.75 Å². The molecular formula is C51H86O7. The molecule has 2 aliphatic heterocycles. The van der Waals surface area contributed by atoms with E-state index in [1.807, 2.05) is 0 Å². The molecule has 0 aromatic heterocycles. The van der Waals surface area contributed by atoms with E-state index in [1.165, 1.54) is 55.6 Å². The molecule has 332 valence electrons. The van der Waals surface area contributed by atoms with Crippen LogP contribution < -0.4 is 4.74 Å². The molecule has 11 atom stereocenters. The summed E-state index contributed by atoms with van der Waals surface area (Å²) in [6, 6.07) is 0. The molecule has 7 heteroatoms. The van der Waals surface area contributed by atoms with Gasteiger partial charge < -0.3 is 33.5 Å². The fraction of sp³-hybridized carbons (Fsp3) is 0.765. The summed E-state index contributed by atoms with van der Waals surface area (Å²) in [4.78, 5) is 0. The van der Waals surface area contributed by atoms with E-state index in [1.54, 1.807) is 12.7 Å². The molecule has 6 rings (SSSR count). The molecule has 2 heterocycles. The van der Waals surface area contributed by atoms with E-state index in [0.717, 1.165) is 25.6 Å². The fourth-order valence-corrected chi connectivity index (χ4v) is 11.3. The smallest absolute Gasteiger partial charge is 0.125 e. The first-order valence-corrected chi connectivity index (χ1v) is 22.7. The Balaban J connectivity index is 0.000000316. The van der Waals surface area contributed by atoms with Crippen molar-refractivity contribution in [2.75, 3.05) is 46.8 Å². The first kappa shape index (κ1) is 47.1. The molecule has 0 spiro atoms. The van der Waals surface area contributed by atoms with Gasteiger partial charge in [0.15, 0.2) is 0 Å². The molecule has 7 nitrogen and oxygen atoms in total. The van der Waals surface area contributed by atoms with Gasteiger partial charge in [0.25, 0.3) is 0 Å². The Labute approximate surface area is 356 Å². The highest BCUT2D eigenvalue weighted by molar-refractivity contribution is 5.56. The molecule has 0 amide bonds. The Bertz CT molecular complexity index is 1630. The molecule has 4 fully saturated rings. The molecular weight excluding hydrogens is 725 g/mol. The number of methoxy groups -OCH3 is 1. The normalized spacial score (nSPS) is 34.9. The lowest BCUT2D eigenvalue weighted by molar-refractivity contribution is -0.112. The summed E-state index contributed by atoms with van der Waals surface area (Å²) in [5.41, 5.74) is 15.8. The second kappa shape index (κ2) is 19.4. The predicted octanol–water partition coefficient (Wildman–Crippen LogP) is 10.9. The lowest BCUT2D eigenvalue weighted by Gasteiger charge is -2.49. The Hall–Kier alpha value is -2.00. The zero-order valence-corrected chi connectivity index (χ0v) is 39.8. The van der Waals surface area contributed by atoms with Crippen LogP contribution in [0.2, 0.25) is 0 Å². The Morgan fingerprint density at radius 3 is 1.22 bits per heavy atom. The summed E-state index contributed by atoms with van der Waals surface area (Å²) >= 11 is 0. The monoisotopic (exact) mass is 811 g/mol. The van der Waals surface area contributed by atoms with Crippen molar-refractivity contribution < 1.29 is 36.4 Å². The second-order valence-electron chi connectivity index (χ2n) is 19.6. The van der Waals surface area contributed by atoms with E-state index in [9.17, 15) is 5.11 Å². The van der Waals surface area contributed by atoms with Gasteiger partial charge in [0.2, 0.25) is 0 Å². The summed E-state index contributed by atoms with van der Waals surface area (Å²) in [6.07, 6.45) is 0.504. The molecule has 58 heavy (non-hydrogen) atoms. The van der Waals surface area contributed by atoms with Gasteiger partial charge in [0.1, 0.15) is 30.7 Å². The number of aliphatic hydroxyl groups excluding tert-OH is 1. The van der Waals surface area contributed by atoms with Crippen LogP contribution in [0.25, 0.3) is 0 Å². The molecule has 2 aliphatic carbocycles. The van der Waals surface area contributed by atoms with Crippen molar-refractivity contribution in [1.29, 1.82) is 0 Å². The van der Waals surface area contributed by atoms with Crippen LogP contribution in [-0.4, -0.2) is 82.4 Å². The molecule has 0 bridgehead atoms. The van der Waals surface area contributed by atoms with Gasteiger partial charge in [-0.05, 0) is 183 Å². The zero-order chi connectivity index (χ0) is 43.1. The Kier molecular flexibility index (Phi) is 15.7. The van der Waals surface area contributed by atoms with Crippen LogP contribution in [0.4, 0.5) is 0 Å². The Morgan fingerprint density at radius 1 is 0.500 bits per heavy atom. The maximum absolute atomic E-state index is 10.1. The van der Waals surface area contributed by atoms with E-state index < -0.39 is 6.10 Å². The first-order chi connectivity index (χ1) is 27.3. The van der Waals surface area contributed by atoms with E-state index in [0.29, 0.717) is 91.2 Å². The SMILES string of the molecule is COCC(O)COC1C(C)C(C)C(c2c(C)c(C)c(OCC3CO3)c(C)c2C)C(C)C1C.Cc1c(C)c(C)c(C2C(C)C(C)C(OCC3CO3)C(C)C2C)c(C)c1C.[HH].[HH]. The van der Waals surface area contributed by atoms with Gasteiger partial charge in [0.05, 0.1) is 45.2 Å². The number of ether oxygens (including phenoxy) is 6. The molecule has 2 aromatic carbocycles. The third kappa shape index (κ3) is 9.55. The van der Waals surface area contributed by atoms with Crippen LogP contribution in [0, 0.1) is 110 Å². The molecule has 11 unspecified atom stereocenters. The van der Waals surface area contributed by atoms with Gasteiger partial charge in [-0.15, -0.1) is 0 Å². The van der Waals surface area contributed by atoms with Gasteiger partial charge in [-0.3, -0.25) is 0 Å². The lowest BCUT2D eigenvalue weighted by Crippen LogP contribution is -2.47. The highest BCUT2D eigenvalue weighted by atomic mass is 16.6. The number of benzene rings is 2.